The Morgan fingerprint density at radius 3 is 2.40 bits per heavy atom. The molecule has 0 aromatic carbocycles. The first-order valence-electron chi connectivity index (χ1n) is 4.07. The van der Waals surface area contributed by atoms with Crippen LogP contribution in [0.5, 0.6) is 0 Å². The van der Waals surface area contributed by atoms with E-state index in [1.54, 1.807) is 0 Å². The molecule has 1 rings (SSSR count). The van der Waals surface area contributed by atoms with Crippen molar-refractivity contribution in [3.05, 3.63) is 0 Å². The molecule has 2 heteroatoms. The third kappa shape index (κ3) is 1.48. The minimum absolute atomic E-state index is 0.0327. The highest BCUT2D eigenvalue weighted by atomic mass is 19.1. The Labute approximate surface area is 62.0 Å². The molecule has 0 radical (unpaired) electrons. The molecule has 60 valence electrons. The Hall–Kier alpha value is -0.110. The highest BCUT2D eigenvalue weighted by Gasteiger charge is 2.30. The molecule has 0 aliphatic heterocycles. The van der Waals surface area contributed by atoms with Crippen LogP contribution in [-0.4, -0.2) is 19.3 Å². The first kappa shape index (κ1) is 7.99. The van der Waals surface area contributed by atoms with Crippen LogP contribution in [0.3, 0.4) is 0 Å². The molecule has 1 fully saturated rings. The zero-order valence-corrected chi connectivity index (χ0v) is 6.73. The summed E-state index contributed by atoms with van der Waals surface area (Å²) >= 11 is 0. The molecule has 1 nitrogen and oxygen atoms in total. The van der Waals surface area contributed by atoms with Crippen LogP contribution in [0.4, 0.5) is 4.39 Å². The van der Waals surface area contributed by atoms with Gasteiger partial charge >= 0.3 is 0 Å². The van der Waals surface area contributed by atoms with Crippen molar-refractivity contribution < 1.29 is 4.39 Å². The van der Waals surface area contributed by atoms with Gasteiger partial charge in [0.15, 0.2) is 0 Å². The third-order valence-corrected chi connectivity index (χ3v) is 2.53. The molecule has 1 N–H and O–H groups in total. The number of rotatable bonds is 3. The summed E-state index contributed by atoms with van der Waals surface area (Å²) < 4.78 is 13.2. The number of alkyl halides is 1. The summed E-state index contributed by atoms with van der Waals surface area (Å²) in [5.74, 6) is 0.349. The van der Waals surface area contributed by atoms with Gasteiger partial charge in [0.05, 0.1) is 0 Å². The van der Waals surface area contributed by atoms with Gasteiger partial charge in [0, 0.05) is 6.04 Å². The summed E-state index contributed by atoms with van der Waals surface area (Å²) in [6, 6.07) is 0.0327. The van der Waals surface area contributed by atoms with Crippen molar-refractivity contribution >= 4 is 0 Å². The van der Waals surface area contributed by atoms with Crippen molar-refractivity contribution in [1.82, 2.24) is 5.32 Å². The van der Waals surface area contributed by atoms with Gasteiger partial charge in [-0.05, 0) is 32.7 Å². The fourth-order valence-corrected chi connectivity index (χ4v) is 1.33. The molecule has 0 bridgehead atoms. The molecule has 0 aromatic rings. The maximum Gasteiger partial charge on any atom is 0.118 e. The smallest absolute Gasteiger partial charge is 0.118 e. The van der Waals surface area contributed by atoms with Crippen LogP contribution in [0.25, 0.3) is 0 Å². The van der Waals surface area contributed by atoms with Crippen molar-refractivity contribution in [3.8, 4) is 0 Å². The summed E-state index contributed by atoms with van der Waals surface area (Å²) in [7, 11) is 1.82. The lowest BCUT2D eigenvalue weighted by atomic mass is 9.80. The van der Waals surface area contributed by atoms with Crippen LogP contribution in [0.15, 0.2) is 0 Å². The van der Waals surface area contributed by atoms with E-state index in [1.807, 2.05) is 14.0 Å². The summed E-state index contributed by atoms with van der Waals surface area (Å²) in [6.45, 7) is 1.91. The minimum Gasteiger partial charge on any atom is -0.314 e. The van der Waals surface area contributed by atoms with Crippen LogP contribution < -0.4 is 5.32 Å². The third-order valence-electron chi connectivity index (χ3n) is 2.53. The Morgan fingerprint density at radius 2 is 2.10 bits per heavy atom. The zero-order chi connectivity index (χ0) is 7.56. The average Bonchev–Trinajstić information content (AvgIpc) is 1.82. The van der Waals surface area contributed by atoms with E-state index < -0.39 is 6.17 Å². The van der Waals surface area contributed by atoms with Gasteiger partial charge in [-0.3, -0.25) is 0 Å². The standard InChI is InChI=1S/C8H16FN/c1-6(10-2)8(9)7-4-3-5-7/h6-8,10H,3-5H2,1-2H3. The Morgan fingerprint density at radius 1 is 1.50 bits per heavy atom. The molecule has 1 aliphatic rings. The molecule has 0 heterocycles. The second kappa shape index (κ2) is 3.33. The Kier molecular flexibility index (Phi) is 2.66. The van der Waals surface area contributed by atoms with Gasteiger partial charge in [0.2, 0.25) is 0 Å². The van der Waals surface area contributed by atoms with E-state index in [-0.39, 0.29) is 6.04 Å². The van der Waals surface area contributed by atoms with Crippen LogP contribution in [-0.2, 0) is 0 Å². The second-order valence-corrected chi connectivity index (χ2v) is 3.21. The van der Waals surface area contributed by atoms with Gasteiger partial charge < -0.3 is 5.32 Å². The number of hydrogen-bond donors (Lipinski definition) is 1. The Bertz CT molecular complexity index is 96.7. The molecular formula is C8H16FN. The molecule has 2 unspecified atom stereocenters. The number of nitrogens with one attached hydrogen (secondary N) is 1. The van der Waals surface area contributed by atoms with Crippen molar-refractivity contribution in [1.29, 1.82) is 0 Å². The topological polar surface area (TPSA) is 12.0 Å². The van der Waals surface area contributed by atoms with E-state index in [9.17, 15) is 4.39 Å². The molecule has 0 aromatic heterocycles. The summed E-state index contributed by atoms with van der Waals surface area (Å²) in [5, 5.41) is 2.94. The molecule has 2 atom stereocenters. The van der Waals surface area contributed by atoms with Gasteiger partial charge in [-0.15, -0.1) is 0 Å². The van der Waals surface area contributed by atoms with Crippen LogP contribution >= 0.6 is 0 Å². The summed E-state index contributed by atoms with van der Waals surface area (Å²) in [4.78, 5) is 0. The molecule has 0 saturated heterocycles. The lowest BCUT2D eigenvalue weighted by Gasteiger charge is -2.31. The van der Waals surface area contributed by atoms with Crippen molar-refractivity contribution in [2.75, 3.05) is 7.05 Å². The van der Waals surface area contributed by atoms with E-state index >= 15 is 0 Å². The van der Waals surface area contributed by atoms with Crippen LogP contribution in [0.1, 0.15) is 26.2 Å². The van der Waals surface area contributed by atoms with Crippen molar-refractivity contribution in [2.45, 2.75) is 38.4 Å². The lowest BCUT2D eigenvalue weighted by molar-refractivity contribution is 0.119. The van der Waals surface area contributed by atoms with E-state index in [2.05, 4.69) is 5.32 Å². The predicted octanol–water partition coefficient (Wildman–Crippen LogP) is 1.73. The molecular weight excluding hydrogens is 129 g/mol. The maximum absolute atomic E-state index is 13.2. The van der Waals surface area contributed by atoms with Crippen molar-refractivity contribution in [2.24, 2.45) is 5.92 Å². The van der Waals surface area contributed by atoms with E-state index in [0.717, 1.165) is 12.8 Å². The van der Waals surface area contributed by atoms with E-state index in [4.69, 9.17) is 0 Å². The number of hydrogen-bond acceptors (Lipinski definition) is 1. The van der Waals surface area contributed by atoms with Crippen molar-refractivity contribution in [3.63, 3.8) is 0 Å². The highest BCUT2D eigenvalue weighted by Crippen LogP contribution is 2.32. The minimum atomic E-state index is -0.626. The van der Waals surface area contributed by atoms with Gasteiger partial charge in [-0.2, -0.15) is 0 Å². The summed E-state index contributed by atoms with van der Waals surface area (Å²) in [6.07, 6.45) is 2.78. The van der Waals surface area contributed by atoms with Gasteiger partial charge in [-0.25, -0.2) is 4.39 Å². The van der Waals surface area contributed by atoms with Gasteiger partial charge in [0.25, 0.3) is 0 Å². The van der Waals surface area contributed by atoms with E-state index in [1.165, 1.54) is 6.42 Å². The molecule has 0 spiro atoms. The first-order valence-corrected chi connectivity index (χ1v) is 4.07. The molecule has 10 heavy (non-hydrogen) atoms. The van der Waals surface area contributed by atoms with Crippen LogP contribution in [0.2, 0.25) is 0 Å². The fraction of sp³-hybridized carbons (Fsp3) is 1.00. The van der Waals surface area contributed by atoms with Gasteiger partial charge in [0.1, 0.15) is 6.17 Å². The maximum atomic E-state index is 13.2. The zero-order valence-electron chi connectivity index (χ0n) is 6.73. The average molecular weight is 145 g/mol. The van der Waals surface area contributed by atoms with Crippen LogP contribution in [0, 0.1) is 5.92 Å². The SMILES string of the molecule is CNC(C)C(F)C1CCC1. The molecule has 1 saturated carbocycles. The van der Waals surface area contributed by atoms with E-state index in [0.29, 0.717) is 5.92 Å². The Balaban J connectivity index is 2.24. The summed E-state index contributed by atoms with van der Waals surface area (Å²) in [5.41, 5.74) is 0. The quantitative estimate of drug-likeness (QED) is 0.637. The second-order valence-electron chi connectivity index (χ2n) is 3.21. The molecule has 1 aliphatic carbocycles. The monoisotopic (exact) mass is 145 g/mol. The molecule has 0 amide bonds. The highest BCUT2D eigenvalue weighted by molar-refractivity contribution is 4.83. The number of halogens is 1. The van der Waals surface area contributed by atoms with Gasteiger partial charge in [-0.1, -0.05) is 6.42 Å². The first-order chi connectivity index (χ1) is 4.75. The normalized spacial score (nSPS) is 25.5. The lowest BCUT2D eigenvalue weighted by Crippen LogP contribution is -2.39. The largest absolute Gasteiger partial charge is 0.314 e. The predicted molar refractivity (Wildman–Crippen MR) is 40.8 cm³/mol. The fourth-order valence-electron chi connectivity index (χ4n) is 1.33.